The Labute approximate surface area is 253 Å². The SMILES string of the molecule is N#CC1(CNc2cccc(-c3cc(CC4CCC(N5CCn6c(nnc6C(F)(F)F)C5)CC4)ncc3Cl)n2)CCOCC1. The van der Waals surface area contributed by atoms with Crippen LogP contribution in [0.15, 0.2) is 30.5 Å². The Morgan fingerprint density at radius 2 is 1.91 bits per heavy atom. The molecule has 3 aromatic heterocycles. The van der Waals surface area contributed by atoms with Crippen LogP contribution in [0.4, 0.5) is 19.0 Å². The molecule has 0 unspecified atom stereocenters. The van der Waals surface area contributed by atoms with Crippen molar-refractivity contribution in [2.75, 3.05) is 31.6 Å². The highest BCUT2D eigenvalue weighted by Gasteiger charge is 2.40. The fourth-order valence-electron chi connectivity index (χ4n) is 6.53. The number of aromatic nitrogens is 5. The summed E-state index contributed by atoms with van der Waals surface area (Å²) in [5.74, 6) is 0.642. The molecule has 1 N–H and O–H groups in total. The van der Waals surface area contributed by atoms with Crippen molar-refractivity contribution in [1.29, 1.82) is 5.26 Å². The summed E-state index contributed by atoms with van der Waals surface area (Å²) in [5, 5.41) is 20.9. The van der Waals surface area contributed by atoms with Gasteiger partial charge in [0, 0.05) is 56.3 Å². The van der Waals surface area contributed by atoms with E-state index in [4.69, 9.17) is 21.3 Å². The number of nitrogens with zero attached hydrogens (tertiary/aromatic N) is 7. The molecular formula is C30H34ClF3N8O. The summed E-state index contributed by atoms with van der Waals surface area (Å²) in [6.07, 6.45) is 3.42. The number of anilines is 1. The lowest BCUT2D eigenvalue weighted by atomic mass is 9.82. The van der Waals surface area contributed by atoms with Crippen LogP contribution >= 0.6 is 11.6 Å². The van der Waals surface area contributed by atoms with Crippen molar-refractivity contribution in [3.8, 4) is 17.3 Å². The molecule has 1 saturated carbocycles. The number of hydrogen-bond acceptors (Lipinski definition) is 8. The van der Waals surface area contributed by atoms with Crippen molar-refractivity contribution in [3.05, 3.63) is 52.8 Å². The second-order valence-electron chi connectivity index (χ2n) is 11.9. The van der Waals surface area contributed by atoms with E-state index in [2.05, 4.69) is 31.5 Å². The van der Waals surface area contributed by atoms with Gasteiger partial charge in [-0.05, 0) is 69.1 Å². The predicted molar refractivity (Wildman–Crippen MR) is 154 cm³/mol. The maximum absolute atomic E-state index is 13.2. The number of nitrogens with one attached hydrogen (secondary N) is 1. The number of halogens is 4. The second-order valence-corrected chi connectivity index (χ2v) is 12.3. The third kappa shape index (κ3) is 6.64. The summed E-state index contributed by atoms with van der Waals surface area (Å²) in [5.41, 5.74) is 2.06. The van der Waals surface area contributed by atoms with Gasteiger partial charge in [-0.1, -0.05) is 17.7 Å². The van der Waals surface area contributed by atoms with Crippen LogP contribution in [0.3, 0.4) is 0 Å². The van der Waals surface area contributed by atoms with E-state index in [0.717, 1.165) is 49.1 Å². The maximum Gasteiger partial charge on any atom is 0.451 e. The minimum atomic E-state index is -4.48. The first-order valence-electron chi connectivity index (χ1n) is 14.8. The quantitative estimate of drug-likeness (QED) is 0.358. The van der Waals surface area contributed by atoms with Crippen molar-refractivity contribution in [3.63, 3.8) is 0 Å². The molecule has 1 saturated heterocycles. The molecule has 9 nitrogen and oxygen atoms in total. The third-order valence-corrected chi connectivity index (χ3v) is 9.40. The largest absolute Gasteiger partial charge is 0.451 e. The summed E-state index contributed by atoms with van der Waals surface area (Å²) in [6.45, 7) is 2.91. The zero-order valence-electron chi connectivity index (χ0n) is 23.8. The molecule has 0 spiro atoms. The first kappa shape index (κ1) is 29.8. The Kier molecular flexibility index (Phi) is 8.58. The lowest BCUT2D eigenvalue weighted by molar-refractivity contribution is -0.148. The average molecular weight is 615 g/mol. The van der Waals surface area contributed by atoms with Crippen molar-refractivity contribution in [1.82, 2.24) is 29.6 Å². The number of nitriles is 1. The number of pyridine rings is 2. The summed E-state index contributed by atoms with van der Waals surface area (Å²) in [7, 11) is 0. The zero-order chi connectivity index (χ0) is 30.0. The van der Waals surface area contributed by atoms with Crippen LogP contribution in [0.25, 0.3) is 11.3 Å². The standard InChI is InChI=1S/C30H34ClF3N8O/c31-24-16-36-21(15-23(24)25-2-1-3-26(38-25)37-19-29(18-35)8-12-43-13-9-29)14-20-4-6-22(7-5-20)41-10-11-42-27(17-41)39-40-28(42)30(32,33)34/h1-3,15-16,20,22H,4-14,17,19H2,(H,37,38). The van der Waals surface area contributed by atoms with Gasteiger partial charge in [0.1, 0.15) is 11.6 Å². The van der Waals surface area contributed by atoms with Crippen molar-refractivity contribution >= 4 is 17.4 Å². The molecule has 0 amide bonds. The number of hydrogen-bond donors (Lipinski definition) is 1. The Balaban J connectivity index is 1.06. The van der Waals surface area contributed by atoms with E-state index in [0.29, 0.717) is 74.3 Å². The number of rotatable bonds is 7. The van der Waals surface area contributed by atoms with Gasteiger partial charge in [-0.2, -0.15) is 18.4 Å². The molecule has 2 fully saturated rings. The van der Waals surface area contributed by atoms with Crippen LogP contribution < -0.4 is 5.32 Å². The van der Waals surface area contributed by atoms with E-state index in [1.807, 2.05) is 24.3 Å². The first-order chi connectivity index (χ1) is 20.7. The van der Waals surface area contributed by atoms with Crippen molar-refractivity contribution in [2.24, 2.45) is 11.3 Å². The lowest BCUT2D eigenvalue weighted by Gasteiger charge is -2.38. The number of ether oxygens (including phenoxy) is 1. The van der Waals surface area contributed by atoms with Gasteiger partial charge in [-0.25, -0.2) is 4.98 Å². The summed E-state index contributed by atoms with van der Waals surface area (Å²) < 4.78 is 46.2. The highest BCUT2D eigenvalue weighted by molar-refractivity contribution is 6.33. The predicted octanol–water partition coefficient (Wildman–Crippen LogP) is 5.76. The van der Waals surface area contributed by atoms with E-state index in [1.54, 1.807) is 6.20 Å². The van der Waals surface area contributed by atoms with Gasteiger partial charge in [-0.15, -0.1) is 10.2 Å². The zero-order valence-corrected chi connectivity index (χ0v) is 24.5. The van der Waals surface area contributed by atoms with Crippen LogP contribution in [0.2, 0.25) is 5.02 Å². The van der Waals surface area contributed by atoms with Gasteiger partial charge < -0.3 is 14.6 Å². The molecule has 2 aliphatic heterocycles. The average Bonchev–Trinajstić information content (AvgIpc) is 3.46. The first-order valence-corrected chi connectivity index (χ1v) is 15.2. The van der Waals surface area contributed by atoms with Crippen LogP contribution in [0.1, 0.15) is 55.9 Å². The Morgan fingerprint density at radius 3 is 2.65 bits per heavy atom. The van der Waals surface area contributed by atoms with Crippen LogP contribution in [0, 0.1) is 22.7 Å². The molecule has 5 heterocycles. The molecular weight excluding hydrogens is 581 g/mol. The molecule has 1 aliphatic carbocycles. The summed E-state index contributed by atoms with van der Waals surface area (Å²) in [6, 6.07) is 10.6. The summed E-state index contributed by atoms with van der Waals surface area (Å²) >= 11 is 6.58. The van der Waals surface area contributed by atoms with Crippen LogP contribution in [0.5, 0.6) is 0 Å². The number of fused-ring (bicyclic) bond motifs is 1. The van der Waals surface area contributed by atoms with E-state index in [1.165, 1.54) is 4.57 Å². The Bertz CT molecular complexity index is 1470. The van der Waals surface area contributed by atoms with Crippen LogP contribution in [-0.4, -0.2) is 62.0 Å². The van der Waals surface area contributed by atoms with Gasteiger partial charge in [0.05, 0.1) is 28.7 Å². The topological polar surface area (TPSA) is 105 Å². The fraction of sp³-hybridized carbons (Fsp3) is 0.567. The molecule has 43 heavy (non-hydrogen) atoms. The minimum Gasteiger partial charge on any atom is -0.381 e. The van der Waals surface area contributed by atoms with Crippen molar-refractivity contribution in [2.45, 2.75) is 70.3 Å². The van der Waals surface area contributed by atoms with Gasteiger partial charge in [0.25, 0.3) is 0 Å². The van der Waals surface area contributed by atoms with E-state index < -0.39 is 17.4 Å². The summed E-state index contributed by atoms with van der Waals surface area (Å²) in [4.78, 5) is 11.7. The minimum absolute atomic E-state index is 0.257. The van der Waals surface area contributed by atoms with E-state index >= 15 is 0 Å². The van der Waals surface area contributed by atoms with Gasteiger partial charge in [-0.3, -0.25) is 9.88 Å². The third-order valence-electron chi connectivity index (χ3n) is 9.10. The maximum atomic E-state index is 13.2. The highest BCUT2D eigenvalue weighted by atomic mass is 35.5. The monoisotopic (exact) mass is 614 g/mol. The van der Waals surface area contributed by atoms with E-state index in [9.17, 15) is 18.4 Å². The molecule has 0 aromatic carbocycles. The molecule has 13 heteroatoms. The lowest BCUT2D eigenvalue weighted by Crippen LogP contribution is -2.43. The van der Waals surface area contributed by atoms with E-state index in [-0.39, 0.29) is 6.54 Å². The second kappa shape index (κ2) is 12.4. The number of alkyl halides is 3. The van der Waals surface area contributed by atoms with Crippen molar-refractivity contribution < 1.29 is 17.9 Å². The molecule has 0 bridgehead atoms. The molecule has 228 valence electrons. The van der Waals surface area contributed by atoms with Gasteiger partial charge >= 0.3 is 6.18 Å². The fourth-order valence-corrected chi connectivity index (χ4v) is 6.73. The van der Waals surface area contributed by atoms with Gasteiger partial charge in [0.2, 0.25) is 5.82 Å². The smallest absolute Gasteiger partial charge is 0.381 e. The Morgan fingerprint density at radius 1 is 1.12 bits per heavy atom. The molecule has 3 aromatic rings. The van der Waals surface area contributed by atoms with Gasteiger partial charge in [0.15, 0.2) is 0 Å². The molecule has 3 aliphatic rings. The van der Waals surface area contributed by atoms with Crippen LogP contribution in [-0.2, 0) is 30.4 Å². The Hall–Kier alpha value is -3.27. The molecule has 0 radical (unpaired) electrons. The molecule has 0 atom stereocenters. The molecule has 6 rings (SSSR count). The normalized spacial score (nSPS) is 22.5. The highest BCUT2D eigenvalue weighted by Crippen LogP contribution is 2.35.